The van der Waals surface area contributed by atoms with Crippen molar-refractivity contribution < 1.29 is 17.6 Å². The molecule has 3 rings (SSSR count). The molecule has 25 heavy (non-hydrogen) atoms. The Labute approximate surface area is 154 Å². The summed E-state index contributed by atoms with van der Waals surface area (Å²) < 4.78 is 40.3. The Balaban J connectivity index is 1.85. The van der Waals surface area contributed by atoms with Gasteiger partial charge in [0.2, 0.25) is 10.0 Å². The Hall–Kier alpha value is -1.67. The molecule has 0 unspecified atom stereocenters. The molecule has 1 saturated carbocycles. The van der Waals surface area contributed by atoms with Crippen LogP contribution in [0.1, 0.15) is 23.2 Å². The highest BCUT2D eigenvalue weighted by Gasteiger charge is 2.29. The molecule has 0 heterocycles. The van der Waals surface area contributed by atoms with Crippen molar-refractivity contribution in [3.8, 4) is 0 Å². The van der Waals surface area contributed by atoms with Crippen LogP contribution in [0.5, 0.6) is 0 Å². The topological polar surface area (TPSA) is 75.3 Å². The van der Waals surface area contributed by atoms with Crippen molar-refractivity contribution in [2.45, 2.75) is 23.8 Å². The van der Waals surface area contributed by atoms with Crippen LogP contribution in [-0.2, 0) is 10.0 Å². The number of hydrogen-bond acceptors (Lipinski definition) is 3. The quantitative estimate of drug-likeness (QED) is 0.797. The highest BCUT2D eigenvalue weighted by atomic mass is 35.5. The summed E-state index contributed by atoms with van der Waals surface area (Å²) in [6.07, 6.45) is 1.56. The molecule has 1 aliphatic rings. The smallest absolute Gasteiger partial charge is 0.255 e. The number of benzene rings is 2. The maximum atomic E-state index is 13.2. The van der Waals surface area contributed by atoms with Crippen LogP contribution < -0.4 is 10.0 Å². The molecule has 2 N–H and O–H groups in total. The molecule has 0 saturated heterocycles. The summed E-state index contributed by atoms with van der Waals surface area (Å²) in [5, 5.41) is 2.42. The van der Waals surface area contributed by atoms with Gasteiger partial charge in [-0.2, -0.15) is 0 Å². The third-order valence-corrected chi connectivity index (χ3v) is 5.85. The minimum absolute atomic E-state index is 0.0227. The van der Waals surface area contributed by atoms with Crippen LogP contribution in [0.2, 0.25) is 10.0 Å². The van der Waals surface area contributed by atoms with E-state index < -0.39 is 21.7 Å². The first-order valence-electron chi connectivity index (χ1n) is 7.34. The van der Waals surface area contributed by atoms with Gasteiger partial charge in [0.1, 0.15) is 10.7 Å². The van der Waals surface area contributed by atoms with E-state index in [1.54, 1.807) is 0 Å². The third kappa shape index (κ3) is 4.30. The van der Waals surface area contributed by atoms with Gasteiger partial charge < -0.3 is 5.32 Å². The zero-order chi connectivity index (χ0) is 18.2. The summed E-state index contributed by atoms with van der Waals surface area (Å²) in [5.41, 5.74) is 0.382. The predicted molar refractivity (Wildman–Crippen MR) is 94.2 cm³/mol. The third-order valence-electron chi connectivity index (χ3n) is 3.56. The molecule has 0 aromatic heterocycles. The molecule has 1 fully saturated rings. The Morgan fingerprint density at radius 3 is 2.44 bits per heavy atom. The second kappa shape index (κ2) is 6.92. The minimum atomic E-state index is -3.80. The number of amides is 1. The molecule has 0 spiro atoms. The van der Waals surface area contributed by atoms with E-state index in [1.165, 1.54) is 30.3 Å². The van der Waals surface area contributed by atoms with Crippen LogP contribution >= 0.6 is 23.2 Å². The molecule has 2 aromatic carbocycles. The lowest BCUT2D eigenvalue weighted by Gasteiger charge is -2.10. The van der Waals surface area contributed by atoms with Gasteiger partial charge in [0.05, 0.1) is 10.0 Å². The fraction of sp³-hybridized carbons (Fsp3) is 0.188. The highest BCUT2D eigenvalue weighted by molar-refractivity contribution is 7.89. The van der Waals surface area contributed by atoms with E-state index in [9.17, 15) is 17.6 Å². The van der Waals surface area contributed by atoms with Gasteiger partial charge in [0.25, 0.3) is 5.91 Å². The summed E-state index contributed by atoms with van der Waals surface area (Å²) in [6, 6.07) is 7.59. The Morgan fingerprint density at radius 1 is 1.08 bits per heavy atom. The molecule has 1 amide bonds. The maximum Gasteiger partial charge on any atom is 0.255 e. The van der Waals surface area contributed by atoms with Gasteiger partial charge >= 0.3 is 0 Å². The lowest BCUT2D eigenvalue weighted by atomic mass is 10.2. The summed E-state index contributed by atoms with van der Waals surface area (Å²) in [7, 11) is -3.80. The summed E-state index contributed by atoms with van der Waals surface area (Å²) in [5.74, 6) is -1.17. The number of sulfonamides is 1. The molecule has 0 radical (unpaired) electrons. The van der Waals surface area contributed by atoms with Gasteiger partial charge in [0, 0.05) is 17.3 Å². The number of nitrogens with one attached hydrogen (secondary N) is 2. The molecule has 0 aliphatic heterocycles. The zero-order valence-corrected chi connectivity index (χ0v) is 15.1. The fourth-order valence-electron chi connectivity index (χ4n) is 2.11. The van der Waals surface area contributed by atoms with Crippen molar-refractivity contribution in [3.63, 3.8) is 0 Å². The summed E-state index contributed by atoms with van der Waals surface area (Å²) in [4.78, 5) is 12.2. The molecule has 9 heteroatoms. The van der Waals surface area contributed by atoms with E-state index in [2.05, 4.69) is 10.0 Å². The Morgan fingerprint density at radius 2 is 1.80 bits per heavy atom. The van der Waals surface area contributed by atoms with Gasteiger partial charge in [-0.3, -0.25) is 4.79 Å². The van der Waals surface area contributed by atoms with E-state index in [0.29, 0.717) is 0 Å². The molecular weight excluding hydrogens is 390 g/mol. The van der Waals surface area contributed by atoms with Crippen LogP contribution in [0.4, 0.5) is 10.1 Å². The Bertz CT molecular complexity index is 946. The lowest BCUT2D eigenvalue weighted by molar-refractivity contribution is 0.102. The average Bonchev–Trinajstić information content (AvgIpc) is 3.34. The van der Waals surface area contributed by atoms with E-state index in [0.717, 1.165) is 18.9 Å². The number of carbonyl (C=O) groups excluding carboxylic acids is 1. The van der Waals surface area contributed by atoms with Crippen molar-refractivity contribution in [2.75, 3.05) is 5.32 Å². The van der Waals surface area contributed by atoms with E-state index >= 15 is 0 Å². The van der Waals surface area contributed by atoms with Gasteiger partial charge in [-0.05, 0) is 49.2 Å². The van der Waals surface area contributed by atoms with Gasteiger partial charge in [-0.1, -0.05) is 23.2 Å². The molecular formula is C16H13Cl2FN2O3S. The van der Waals surface area contributed by atoms with Crippen LogP contribution in [0, 0.1) is 5.82 Å². The molecule has 5 nitrogen and oxygen atoms in total. The first-order valence-corrected chi connectivity index (χ1v) is 9.58. The molecule has 0 bridgehead atoms. The largest absolute Gasteiger partial charge is 0.322 e. The van der Waals surface area contributed by atoms with Crippen LogP contribution in [0.3, 0.4) is 0 Å². The number of anilines is 1. The van der Waals surface area contributed by atoms with Crippen LogP contribution in [0.25, 0.3) is 0 Å². The number of rotatable bonds is 5. The summed E-state index contributed by atoms with van der Waals surface area (Å²) in [6.45, 7) is 0. The van der Waals surface area contributed by atoms with Crippen molar-refractivity contribution in [1.29, 1.82) is 0 Å². The van der Waals surface area contributed by atoms with Crippen molar-refractivity contribution in [3.05, 3.63) is 57.8 Å². The maximum absolute atomic E-state index is 13.2. The van der Waals surface area contributed by atoms with Crippen LogP contribution in [0.15, 0.2) is 41.3 Å². The molecule has 0 atom stereocenters. The number of hydrogen-bond donors (Lipinski definition) is 2. The zero-order valence-electron chi connectivity index (χ0n) is 12.7. The second-order valence-electron chi connectivity index (χ2n) is 5.62. The van der Waals surface area contributed by atoms with Gasteiger partial charge in [-0.25, -0.2) is 17.5 Å². The number of carbonyl (C=O) groups is 1. The highest BCUT2D eigenvalue weighted by Crippen LogP contribution is 2.27. The van der Waals surface area contributed by atoms with Crippen LogP contribution in [-0.4, -0.2) is 20.4 Å². The SMILES string of the molecule is O=C(Nc1ccc(F)c(Cl)c1)c1ccc(Cl)c(S(=O)(=O)NC2CC2)c1. The average molecular weight is 403 g/mol. The van der Waals surface area contributed by atoms with E-state index in [1.807, 2.05) is 0 Å². The van der Waals surface area contributed by atoms with Gasteiger partial charge in [-0.15, -0.1) is 0 Å². The second-order valence-corrected chi connectivity index (χ2v) is 8.12. The molecule has 132 valence electrons. The standard InChI is InChI=1S/C16H13Cl2FN2O3S/c17-12-5-1-9(7-15(12)25(23,24)21-10-2-3-10)16(22)20-11-4-6-14(19)13(18)8-11/h1,4-8,10,21H,2-3H2,(H,20,22). The number of halogens is 3. The minimum Gasteiger partial charge on any atom is -0.322 e. The van der Waals surface area contributed by atoms with E-state index in [4.69, 9.17) is 23.2 Å². The van der Waals surface area contributed by atoms with Crippen molar-refractivity contribution >= 4 is 44.8 Å². The fourth-order valence-corrected chi connectivity index (χ4v) is 4.12. The van der Waals surface area contributed by atoms with Crippen molar-refractivity contribution in [1.82, 2.24) is 4.72 Å². The Kier molecular flexibility index (Phi) is 5.02. The van der Waals surface area contributed by atoms with Gasteiger partial charge in [0.15, 0.2) is 0 Å². The first kappa shape index (κ1) is 18.1. The lowest BCUT2D eigenvalue weighted by Crippen LogP contribution is -2.26. The normalized spacial score (nSPS) is 14.4. The first-order chi connectivity index (χ1) is 11.8. The van der Waals surface area contributed by atoms with E-state index in [-0.39, 0.29) is 32.2 Å². The molecule has 1 aliphatic carbocycles. The monoisotopic (exact) mass is 402 g/mol. The predicted octanol–water partition coefficient (Wildman–Crippen LogP) is 3.83. The molecule has 2 aromatic rings. The van der Waals surface area contributed by atoms with Crippen molar-refractivity contribution in [2.24, 2.45) is 0 Å². The summed E-state index contributed by atoms with van der Waals surface area (Å²) >= 11 is 11.6.